The van der Waals surface area contributed by atoms with Gasteiger partial charge in [-0.25, -0.2) is 4.79 Å². The molecule has 0 fully saturated rings. The summed E-state index contributed by atoms with van der Waals surface area (Å²) in [6.07, 6.45) is 3.70. The molecule has 1 atom stereocenters. The van der Waals surface area contributed by atoms with E-state index in [2.05, 4.69) is 21.5 Å². The van der Waals surface area contributed by atoms with Crippen molar-refractivity contribution in [1.29, 1.82) is 5.26 Å². The first kappa shape index (κ1) is 21.5. The summed E-state index contributed by atoms with van der Waals surface area (Å²) in [5, 5.41) is 16.1. The zero-order valence-corrected chi connectivity index (χ0v) is 17.7. The van der Waals surface area contributed by atoms with E-state index < -0.39 is 17.2 Å². The second-order valence-corrected chi connectivity index (χ2v) is 7.56. The van der Waals surface area contributed by atoms with Crippen LogP contribution in [0.4, 0.5) is 0 Å². The molecular weight excluding hydrogens is 420 g/mol. The van der Waals surface area contributed by atoms with Crippen LogP contribution in [-0.2, 0) is 6.54 Å². The van der Waals surface area contributed by atoms with Crippen LogP contribution in [0.15, 0.2) is 76.6 Å². The summed E-state index contributed by atoms with van der Waals surface area (Å²) in [5.74, 6) is -0.550. The third kappa shape index (κ3) is 5.14. The smallest absolute Gasteiger partial charge is 0.326 e. The Bertz CT molecular complexity index is 1430. The lowest BCUT2D eigenvalue weighted by Gasteiger charge is -2.15. The molecule has 1 amide bonds. The van der Waals surface area contributed by atoms with Gasteiger partial charge in [0.25, 0.3) is 11.5 Å². The third-order valence-corrected chi connectivity index (χ3v) is 5.13. The van der Waals surface area contributed by atoms with Crippen LogP contribution < -0.4 is 16.6 Å². The zero-order chi connectivity index (χ0) is 23.4. The summed E-state index contributed by atoms with van der Waals surface area (Å²) in [6, 6.07) is 17.8. The summed E-state index contributed by atoms with van der Waals surface area (Å²) >= 11 is 0. The predicted octanol–water partition coefficient (Wildman–Crippen LogP) is 2.34. The number of carbonyl (C=O) groups excluding carboxylic acids is 1. The number of nitrogens with zero attached hydrogens (tertiary/aromatic N) is 3. The minimum atomic E-state index is -0.736. The van der Waals surface area contributed by atoms with Crippen molar-refractivity contribution in [3.05, 3.63) is 110 Å². The molecule has 2 aromatic carbocycles. The van der Waals surface area contributed by atoms with E-state index in [0.29, 0.717) is 12.1 Å². The van der Waals surface area contributed by atoms with Crippen molar-refractivity contribution in [3.8, 4) is 17.2 Å². The highest BCUT2D eigenvalue weighted by molar-refractivity contribution is 5.92. The van der Waals surface area contributed by atoms with E-state index >= 15 is 0 Å². The average Bonchev–Trinajstić information content (AvgIpc) is 3.27. The number of aromatic nitrogens is 4. The first-order chi connectivity index (χ1) is 15.9. The largest absolute Gasteiger partial charge is 0.344 e. The molecule has 0 aliphatic heterocycles. The Morgan fingerprint density at radius 1 is 1.12 bits per heavy atom. The second-order valence-electron chi connectivity index (χ2n) is 7.56. The molecule has 4 aromatic rings. The van der Waals surface area contributed by atoms with Crippen molar-refractivity contribution >= 4 is 5.91 Å². The molecule has 1 unspecified atom stereocenters. The van der Waals surface area contributed by atoms with Crippen LogP contribution in [0.25, 0.3) is 11.1 Å². The van der Waals surface area contributed by atoms with Gasteiger partial charge in [0, 0.05) is 17.8 Å². The molecule has 0 saturated heterocycles. The first-order valence-corrected chi connectivity index (χ1v) is 10.2. The van der Waals surface area contributed by atoms with Gasteiger partial charge in [-0.3, -0.25) is 19.3 Å². The van der Waals surface area contributed by atoms with Crippen molar-refractivity contribution in [3.63, 3.8) is 0 Å². The van der Waals surface area contributed by atoms with Gasteiger partial charge in [-0.2, -0.15) is 10.4 Å². The van der Waals surface area contributed by atoms with E-state index in [9.17, 15) is 14.4 Å². The Morgan fingerprint density at radius 2 is 1.91 bits per heavy atom. The molecule has 9 heteroatoms. The molecule has 0 aliphatic carbocycles. The van der Waals surface area contributed by atoms with Crippen molar-refractivity contribution < 1.29 is 4.79 Å². The molecule has 164 valence electrons. The molecular formula is C24H20N6O3. The molecule has 0 bridgehead atoms. The lowest BCUT2D eigenvalue weighted by molar-refractivity contribution is 0.0934. The number of carbonyl (C=O) groups is 1. The summed E-state index contributed by atoms with van der Waals surface area (Å²) < 4.78 is 1.82. The maximum atomic E-state index is 12.4. The molecule has 33 heavy (non-hydrogen) atoms. The van der Waals surface area contributed by atoms with E-state index in [1.165, 1.54) is 0 Å². The number of nitriles is 1. The topological polar surface area (TPSA) is 136 Å². The van der Waals surface area contributed by atoms with Gasteiger partial charge in [-0.05, 0) is 41.8 Å². The van der Waals surface area contributed by atoms with Gasteiger partial charge in [0.1, 0.15) is 5.69 Å². The fourth-order valence-corrected chi connectivity index (χ4v) is 3.41. The van der Waals surface area contributed by atoms with Crippen LogP contribution in [0.5, 0.6) is 0 Å². The van der Waals surface area contributed by atoms with E-state index in [4.69, 9.17) is 5.26 Å². The number of hydrogen-bond acceptors (Lipinski definition) is 5. The van der Waals surface area contributed by atoms with Gasteiger partial charge in [0.15, 0.2) is 0 Å². The van der Waals surface area contributed by atoms with Gasteiger partial charge >= 0.3 is 5.69 Å². The van der Waals surface area contributed by atoms with Crippen molar-refractivity contribution in [2.24, 2.45) is 0 Å². The summed E-state index contributed by atoms with van der Waals surface area (Å²) in [6.45, 7) is 2.39. The average molecular weight is 440 g/mol. The van der Waals surface area contributed by atoms with Crippen LogP contribution in [0.3, 0.4) is 0 Å². The summed E-state index contributed by atoms with van der Waals surface area (Å²) in [4.78, 5) is 39.6. The Morgan fingerprint density at radius 3 is 2.64 bits per heavy atom. The van der Waals surface area contributed by atoms with Crippen LogP contribution in [0.1, 0.15) is 40.1 Å². The molecule has 2 heterocycles. The normalized spacial score (nSPS) is 11.5. The Balaban J connectivity index is 1.48. The van der Waals surface area contributed by atoms with E-state index in [1.54, 1.807) is 18.3 Å². The lowest BCUT2D eigenvalue weighted by atomic mass is 10.0. The fraction of sp³-hybridized carbons (Fsp3) is 0.125. The number of aromatic amines is 2. The fourth-order valence-electron chi connectivity index (χ4n) is 3.41. The van der Waals surface area contributed by atoms with E-state index in [-0.39, 0.29) is 11.7 Å². The van der Waals surface area contributed by atoms with Crippen molar-refractivity contribution in [2.45, 2.75) is 19.5 Å². The van der Waals surface area contributed by atoms with E-state index in [0.717, 1.165) is 28.3 Å². The lowest BCUT2D eigenvalue weighted by Crippen LogP contribution is -2.32. The Hall–Kier alpha value is -4.71. The van der Waals surface area contributed by atoms with Crippen LogP contribution >= 0.6 is 0 Å². The second kappa shape index (κ2) is 9.20. The first-order valence-electron chi connectivity index (χ1n) is 10.2. The zero-order valence-electron chi connectivity index (χ0n) is 17.7. The van der Waals surface area contributed by atoms with Gasteiger partial charge in [-0.1, -0.05) is 30.3 Å². The van der Waals surface area contributed by atoms with Gasteiger partial charge < -0.3 is 10.3 Å². The molecule has 4 rings (SSSR count). The third-order valence-electron chi connectivity index (χ3n) is 5.13. The maximum Gasteiger partial charge on any atom is 0.326 e. The summed E-state index contributed by atoms with van der Waals surface area (Å²) in [7, 11) is 0. The number of nitrogens with one attached hydrogen (secondary N) is 3. The quantitative estimate of drug-likeness (QED) is 0.423. The van der Waals surface area contributed by atoms with Gasteiger partial charge in [0.05, 0.1) is 30.4 Å². The molecule has 0 saturated carbocycles. The van der Waals surface area contributed by atoms with Crippen LogP contribution in [-0.4, -0.2) is 25.7 Å². The number of benzene rings is 2. The highest BCUT2D eigenvalue weighted by atomic mass is 16.2. The molecule has 9 nitrogen and oxygen atoms in total. The minimum absolute atomic E-state index is 0.101. The molecule has 0 spiro atoms. The number of hydrogen-bond donors (Lipinski definition) is 3. The highest BCUT2D eigenvalue weighted by Gasteiger charge is 2.14. The number of H-pyrrole nitrogens is 2. The van der Waals surface area contributed by atoms with Gasteiger partial charge in [0.2, 0.25) is 0 Å². The maximum absolute atomic E-state index is 12.4. The van der Waals surface area contributed by atoms with Crippen molar-refractivity contribution in [1.82, 2.24) is 25.1 Å². The minimum Gasteiger partial charge on any atom is -0.344 e. The molecule has 2 aromatic heterocycles. The highest BCUT2D eigenvalue weighted by Crippen LogP contribution is 2.23. The van der Waals surface area contributed by atoms with Crippen molar-refractivity contribution in [2.75, 3.05) is 0 Å². The van der Waals surface area contributed by atoms with Crippen LogP contribution in [0.2, 0.25) is 0 Å². The molecule has 0 radical (unpaired) electrons. The predicted molar refractivity (Wildman–Crippen MR) is 121 cm³/mol. The van der Waals surface area contributed by atoms with Crippen LogP contribution in [0, 0.1) is 11.3 Å². The van der Waals surface area contributed by atoms with Gasteiger partial charge in [-0.15, -0.1) is 0 Å². The number of rotatable bonds is 6. The standard InChI is InChI=1S/C24H20N6O3/c1-15(27-23(32)21-10-22(31)29-24(33)28-21)18-3-2-4-19(9-18)20-12-26-30(14-20)13-17-7-5-16(11-25)6-8-17/h2-10,12,14-15H,13H2,1H3,(H,27,32)(H2,28,29,31,33). The molecule has 0 aliphatic rings. The van der Waals surface area contributed by atoms with E-state index in [1.807, 2.05) is 59.2 Å². The SMILES string of the molecule is CC(NC(=O)c1cc(=O)[nH]c(=O)[nH]1)c1cccc(-c2cnn(Cc3ccc(C#N)cc3)c2)c1. The molecule has 3 N–H and O–H groups in total. The number of amides is 1. The summed E-state index contributed by atoms with van der Waals surface area (Å²) in [5.41, 5.74) is 2.88. The monoisotopic (exact) mass is 440 g/mol. The Labute approximate surface area is 188 Å². The Kier molecular flexibility index (Phi) is 6.00.